The van der Waals surface area contributed by atoms with Crippen molar-refractivity contribution in [3.8, 4) is 33.4 Å². The average Bonchev–Trinajstić information content (AvgIpc) is 3.15. The number of hydrogen-bond donors (Lipinski definition) is 1. The Labute approximate surface area is 211 Å². The van der Waals surface area contributed by atoms with Crippen LogP contribution in [0.25, 0.3) is 54.9 Å². The molecule has 1 aliphatic rings. The highest BCUT2D eigenvalue weighted by molar-refractivity contribution is 6.16. The Morgan fingerprint density at radius 3 is 1.61 bits per heavy atom. The molecule has 7 rings (SSSR count). The fourth-order valence-corrected chi connectivity index (χ4v) is 6.16. The second-order valence-corrected chi connectivity index (χ2v) is 10.4. The molecule has 2 N–H and O–H groups in total. The molecule has 0 fully saturated rings. The van der Waals surface area contributed by atoms with Gasteiger partial charge in [0.25, 0.3) is 0 Å². The molecule has 1 nitrogen and oxygen atoms in total. The van der Waals surface area contributed by atoms with E-state index in [9.17, 15) is 0 Å². The number of benzene rings is 6. The lowest BCUT2D eigenvalue weighted by Crippen LogP contribution is -2.15. The van der Waals surface area contributed by atoms with Crippen LogP contribution in [0.15, 0.2) is 115 Å². The first-order valence-corrected chi connectivity index (χ1v) is 12.6. The van der Waals surface area contributed by atoms with Crippen LogP contribution < -0.4 is 5.73 Å². The first-order chi connectivity index (χ1) is 17.5. The van der Waals surface area contributed by atoms with Crippen LogP contribution in [0.5, 0.6) is 0 Å². The third-order valence-corrected chi connectivity index (χ3v) is 8.02. The van der Waals surface area contributed by atoms with Gasteiger partial charge in [0.2, 0.25) is 0 Å². The van der Waals surface area contributed by atoms with Gasteiger partial charge in [0.05, 0.1) is 0 Å². The summed E-state index contributed by atoms with van der Waals surface area (Å²) in [4.78, 5) is 0. The molecule has 36 heavy (non-hydrogen) atoms. The van der Waals surface area contributed by atoms with Crippen molar-refractivity contribution in [3.05, 3.63) is 126 Å². The third-order valence-electron chi connectivity index (χ3n) is 8.02. The maximum atomic E-state index is 6.58. The molecular formula is C35H27N. The largest absolute Gasteiger partial charge is 0.398 e. The van der Waals surface area contributed by atoms with Gasteiger partial charge in [-0.15, -0.1) is 0 Å². The number of nitrogens with two attached hydrogens (primary N) is 1. The van der Waals surface area contributed by atoms with Crippen molar-refractivity contribution < 1.29 is 0 Å². The molecule has 0 aromatic heterocycles. The van der Waals surface area contributed by atoms with Crippen LogP contribution in [0, 0.1) is 0 Å². The fraction of sp³-hybridized carbons (Fsp3) is 0.0857. The first kappa shape index (κ1) is 21.0. The molecule has 0 bridgehead atoms. The second kappa shape index (κ2) is 7.57. The van der Waals surface area contributed by atoms with E-state index < -0.39 is 0 Å². The third kappa shape index (κ3) is 2.90. The molecule has 0 unspecified atom stereocenters. The molecule has 0 spiro atoms. The summed E-state index contributed by atoms with van der Waals surface area (Å²) in [5, 5.41) is 4.96. The van der Waals surface area contributed by atoms with Crippen LogP contribution in [0.2, 0.25) is 0 Å². The van der Waals surface area contributed by atoms with Crippen molar-refractivity contribution in [2.24, 2.45) is 0 Å². The molecule has 0 saturated heterocycles. The van der Waals surface area contributed by atoms with Gasteiger partial charge in [0.1, 0.15) is 0 Å². The van der Waals surface area contributed by atoms with Gasteiger partial charge >= 0.3 is 0 Å². The summed E-state index contributed by atoms with van der Waals surface area (Å²) in [6.45, 7) is 4.67. The number of fused-ring (bicyclic) bond motifs is 7. The average molecular weight is 462 g/mol. The van der Waals surface area contributed by atoms with Crippen molar-refractivity contribution in [2.45, 2.75) is 19.3 Å². The van der Waals surface area contributed by atoms with Crippen molar-refractivity contribution in [3.63, 3.8) is 0 Å². The smallest absolute Gasteiger partial charge is 0.0397 e. The van der Waals surface area contributed by atoms with E-state index in [0.29, 0.717) is 0 Å². The van der Waals surface area contributed by atoms with E-state index in [1.807, 2.05) is 0 Å². The second-order valence-electron chi connectivity index (χ2n) is 10.4. The molecule has 6 aromatic carbocycles. The lowest BCUT2D eigenvalue weighted by Gasteiger charge is -2.23. The monoisotopic (exact) mass is 461 g/mol. The van der Waals surface area contributed by atoms with Crippen LogP contribution in [0.3, 0.4) is 0 Å². The molecule has 6 aromatic rings. The van der Waals surface area contributed by atoms with Gasteiger partial charge in [-0.1, -0.05) is 117 Å². The Morgan fingerprint density at radius 1 is 0.472 bits per heavy atom. The van der Waals surface area contributed by atoms with Crippen LogP contribution >= 0.6 is 0 Å². The Bertz CT molecular complexity index is 1790. The van der Waals surface area contributed by atoms with Crippen molar-refractivity contribution in [1.82, 2.24) is 0 Å². The maximum Gasteiger partial charge on any atom is 0.0397 e. The van der Waals surface area contributed by atoms with E-state index >= 15 is 0 Å². The minimum Gasteiger partial charge on any atom is -0.398 e. The SMILES string of the molecule is CC1(C)c2cc(N)c3ccccc3c2-c2c1cc(-c1ccc(-c3ccccc3)cc1)c1ccccc21. The highest BCUT2D eigenvalue weighted by Crippen LogP contribution is 2.56. The Morgan fingerprint density at radius 2 is 0.944 bits per heavy atom. The van der Waals surface area contributed by atoms with E-state index in [1.54, 1.807) is 0 Å². The number of hydrogen-bond acceptors (Lipinski definition) is 1. The molecule has 0 amide bonds. The Kier molecular flexibility index (Phi) is 4.41. The maximum absolute atomic E-state index is 6.58. The lowest BCUT2D eigenvalue weighted by atomic mass is 9.80. The van der Waals surface area contributed by atoms with Crippen LogP contribution in [0.1, 0.15) is 25.0 Å². The van der Waals surface area contributed by atoms with Gasteiger partial charge in [0.15, 0.2) is 0 Å². The fourth-order valence-electron chi connectivity index (χ4n) is 6.16. The van der Waals surface area contributed by atoms with Gasteiger partial charge < -0.3 is 5.73 Å². The van der Waals surface area contributed by atoms with Crippen molar-refractivity contribution in [1.29, 1.82) is 0 Å². The first-order valence-electron chi connectivity index (χ1n) is 12.6. The zero-order valence-corrected chi connectivity index (χ0v) is 20.5. The molecule has 0 radical (unpaired) electrons. The lowest BCUT2D eigenvalue weighted by molar-refractivity contribution is 0.662. The predicted molar refractivity (Wildman–Crippen MR) is 154 cm³/mol. The normalized spacial score (nSPS) is 13.6. The summed E-state index contributed by atoms with van der Waals surface area (Å²) in [7, 11) is 0. The van der Waals surface area contributed by atoms with Gasteiger partial charge in [0, 0.05) is 16.5 Å². The molecule has 0 aliphatic heterocycles. The molecule has 0 atom stereocenters. The number of anilines is 1. The number of rotatable bonds is 2. The molecule has 0 saturated carbocycles. The van der Waals surface area contributed by atoms with Gasteiger partial charge in [-0.05, 0) is 72.8 Å². The van der Waals surface area contributed by atoms with E-state index in [2.05, 4.69) is 129 Å². The minimum atomic E-state index is -0.147. The van der Waals surface area contributed by atoms with Gasteiger partial charge in [-0.2, -0.15) is 0 Å². The van der Waals surface area contributed by atoms with E-state index in [1.165, 1.54) is 60.7 Å². The van der Waals surface area contributed by atoms with Gasteiger partial charge in [-0.25, -0.2) is 0 Å². The van der Waals surface area contributed by atoms with Crippen LogP contribution in [-0.4, -0.2) is 0 Å². The quantitative estimate of drug-likeness (QED) is 0.256. The molecule has 1 aliphatic carbocycles. The summed E-state index contributed by atoms with van der Waals surface area (Å²) in [5.41, 5.74) is 17.7. The highest BCUT2D eigenvalue weighted by Gasteiger charge is 2.38. The van der Waals surface area contributed by atoms with E-state index in [-0.39, 0.29) is 5.41 Å². The molecule has 172 valence electrons. The van der Waals surface area contributed by atoms with Gasteiger partial charge in [-0.3, -0.25) is 0 Å². The summed E-state index contributed by atoms with van der Waals surface area (Å²) in [5.74, 6) is 0. The summed E-state index contributed by atoms with van der Waals surface area (Å²) in [6, 6.07) is 41.6. The number of nitrogen functional groups attached to an aromatic ring is 1. The summed E-state index contributed by atoms with van der Waals surface area (Å²) >= 11 is 0. The Balaban J connectivity index is 1.51. The minimum absolute atomic E-state index is 0.147. The van der Waals surface area contributed by atoms with Crippen LogP contribution in [0.4, 0.5) is 5.69 Å². The molecular weight excluding hydrogens is 434 g/mol. The van der Waals surface area contributed by atoms with E-state index in [0.717, 1.165) is 11.1 Å². The Hall–Kier alpha value is -4.36. The summed E-state index contributed by atoms with van der Waals surface area (Å²) < 4.78 is 0. The topological polar surface area (TPSA) is 26.0 Å². The van der Waals surface area contributed by atoms with Crippen molar-refractivity contribution in [2.75, 3.05) is 5.73 Å². The zero-order valence-electron chi connectivity index (χ0n) is 20.5. The summed E-state index contributed by atoms with van der Waals surface area (Å²) in [6.07, 6.45) is 0. The highest BCUT2D eigenvalue weighted by atomic mass is 14.6. The van der Waals surface area contributed by atoms with Crippen LogP contribution in [-0.2, 0) is 5.41 Å². The predicted octanol–water partition coefficient (Wildman–Crippen LogP) is 9.22. The zero-order chi connectivity index (χ0) is 24.4. The molecule has 1 heteroatoms. The van der Waals surface area contributed by atoms with Crippen molar-refractivity contribution >= 4 is 27.2 Å². The molecule has 0 heterocycles. The van der Waals surface area contributed by atoms with E-state index in [4.69, 9.17) is 5.73 Å². The standard InChI is InChI=1S/C35H27N/c1-35(2)30-20-29(24-18-16-23(17-19-24)22-10-4-3-5-11-22)25-12-6-8-14-27(25)33(30)34-28-15-9-7-13-26(28)32(36)21-31(34)35/h3-21H,36H2,1-2H3.